The Morgan fingerprint density at radius 2 is 1.71 bits per heavy atom. The van der Waals surface area contributed by atoms with Crippen molar-refractivity contribution >= 4 is 5.91 Å². The van der Waals surface area contributed by atoms with Crippen molar-refractivity contribution in [2.45, 2.75) is 57.5 Å². The second-order valence-electron chi connectivity index (χ2n) is 4.93. The Kier molecular flexibility index (Phi) is 1.73. The fourth-order valence-corrected chi connectivity index (χ4v) is 3.23. The van der Waals surface area contributed by atoms with Crippen LogP contribution in [0.2, 0.25) is 0 Å². The molecule has 2 saturated heterocycles. The van der Waals surface area contributed by atoms with Crippen molar-refractivity contribution in [2.75, 3.05) is 0 Å². The molecule has 76 valence electrons. The molecule has 1 aliphatic carbocycles. The summed E-state index contributed by atoms with van der Waals surface area (Å²) in [6, 6.07) is 1.10. The van der Waals surface area contributed by atoms with Gasteiger partial charge in [-0.15, -0.1) is 0 Å². The lowest BCUT2D eigenvalue weighted by Crippen LogP contribution is -2.43. The third-order valence-corrected chi connectivity index (χ3v) is 3.95. The molecule has 0 aromatic rings. The molecule has 14 heavy (non-hydrogen) atoms. The quantitative estimate of drug-likeness (QED) is 0.538. The van der Waals surface area contributed by atoms with Gasteiger partial charge in [0.05, 0.1) is 0 Å². The van der Waals surface area contributed by atoms with Crippen LogP contribution < -0.4 is 0 Å². The molecule has 0 aromatic carbocycles. The van der Waals surface area contributed by atoms with Crippen LogP contribution in [0.4, 0.5) is 0 Å². The second kappa shape index (κ2) is 2.85. The first kappa shape index (κ1) is 8.51. The molecule has 3 aliphatic rings. The number of carbonyl (C=O) groups is 1. The number of fused-ring (bicyclic) bond motifs is 2. The standard InChI is InChI=1S/C12H17NO/c1-8(14)13-11-4-5-12(13)7-10(6-11)9-2-3-9/h11-12H,2-7H2,1H3. The van der Waals surface area contributed by atoms with Crippen LogP contribution in [0.15, 0.2) is 11.1 Å². The number of carbonyl (C=O) groups excluding carboxylic acids is 1. The molecule has 0 spiro atoms. The number of piperidine rings is 1. The van der Waals surface area contributed by atoms with Crippen molar-refractivity contribution in [3.63, 3.8) is 0 Å². The molecule has 2 heteroatoms. The average molecular weight is 191 g/mol. The summed E-state index contributed by atoms with van der Waals surface area (Å²) in [5, 5.41) is 0. The highest BCUT2D eigenvalue weighted by Crippen LogP contribution is 2.44. The van der Waals surface area contributed by atoms with Gasteiger partial charge in [-0.05, 0) is 38.5 Å². The van der Waals surface area contributed by atoms with Gasteiger partial charge in [0, 0.05) is 19.0 Å². The fraction of sp³-hybridized carbons (Fsp3) is 0.750. The van der Waals surface area contributed by atoms with Gasteiger partial charge >= 0.3 is 0 Å². The highest BCUT2D eigenvalue weighted by molar-refractivity contribution is 5.74. The molecular formula is C12H17NO. The highest BCUT2D eigenvalue weighted by atomic mass is 16.2. The number of hydrogen-bond donors (Lipinski definition) is 0. The van der Waals surface area contributed by atoms with Gasteiger partial charge in [0.2, 0.25) is 5.91 Å². The monoisotopic (exact) mass is 191 g/mol. The molecule has 2 atom stereocenters. The molecule has 1 saturated carbocycles. The van der Waals surface area contributed by atoms with E-state index in [2.05, 4.69) is 4.90 Å². The molecule has 0 aromatic heterocycles. The van der Waals surface area contributed by atoms with E-state index in [1.54, 1.807) is 18.1 Å². The van der Waals surface area contributed by atoms with Gasteiger partial charge in [-0.2, -0.15) is 0 Å². The summed E-state index contributed by atoms with van der Waals surface area (Å²) in [6.07, 6.45) is 7.53. The van der Waals surface area contributed by atoms with Crippen LogP contribution in [0.25, 0.3) is 0 Å². The van der Waals surface area contributed by atoms with E-state index in [1.165, 1.54) is 38.5 Å². The molecule has 3 fully saturated rings. The van der Waals surface area contributed by atoms with Crippen LogP contribution in [0, 0.1) is 0 Å². The highest BCUT2D eigenvalue weighted by Gasteiger charge is 2.41. The molecule has 2 nitrogen and oxygen atoms in total. The van der Waals surface area contributed by atoms with Gasteiger partial charge in [-0.25, -0.2) is 0 Å². The third kappa shape index (κ3) is 1.20. The third-order valence-electron chi connectivity index (χ3n) is 3.95. The molecule has 3 rings (SSSR count). The summed E-state index contributed by atoms with van der Waals surface area (Å²) in [5.74, 6) is 0.289. The van der Waals surface area contributed by atoms with Crippen molar-refractivity contribution in [3.05, 3.63) is 11.1 Å². The van der Waals surface area contributed by atoms with Gasteiger partial charge in [0.1, 0.15) is 0 Å². The second-order valence-corrected chi connectivity index (χ2v) is 4.93. The van der Waals surface area contributed by atoms with E-state index in [0.717, 1.165) is 0 Å². The molecular weight excluding hydrogens is 174 g/mol. The van der Waals surface area contributed by atoms with Crippen molar-refractivity contribution < 1.29 is 4.79 Å². The number of amides is 1. The van der Waals surface area contributed by atoms with Crippen LogP contribution in [-0.2, 0) is 4.79 Å². The summed E-state index contributed by atoms with van der Waals surface area (Å²) >= 11 is 0. The molecule has 1 amide bonds. The molecule has 0 N–H and O–H groups in total. The Morgan fingerprint density at radius 3 is 2.14 bits per heavy atom. The minimum Gasteiger partial charge on any atom is -0.336 e. The Bertz CT molecular complexity index is 296. The summed E-state index contributed by atoms with van der Waals surface area (Å²) in [7, 11) is 0. The summed E-state index contributed by atoms with van der Waals surface area (Å²) in [5.41, 5.74) is 3.42. The minimum absolute atomic E-state index is 0.289. The predicted octanol–water partition coefficient (Wildman–Crippen LogP) is 2.25. The van der Waals surface area contributed by atoms with Gasteiger partial charge in [-0.3, -0.25) is 4.79 Å². The first-order valence-corrected chi connectivity index (χ1v) is 5.74. The Hall–Kier alpha value is -0.790. The number of nitrogens with zero attached hydrogens (tertiary/aromatic N) is 1. The van der Waals surface area contributed by atoms with E-state index < -0.39 is 0 Å². The van der Waals surface area contributed by atoms with E-state index in [0.29, 0.717) is 12.1 Å². The largest absolute Gasteiger partial charge is 0.336 e. The van der Waals surface area contributed by atoms with Gasteiger partial charge in [0.25, 0.3) is 0 Å². The summed E-state index contributed by atoms with van der Waals surface area (Å²) in [6.45, 7) is 1.72. The molecule has 2 unspecified atom stereocenters. The Morgan fingerprint density at radius 1 is 1.14 bits per heavy atom. The maximum Gasteiger partial charge on any atom is 0.219 e. The number of hydrogen-bond acceptors (Lipinski definition) is 1. The fourth-order valence-electron chi connectivity index (χ4n) is 3.23. The van der Waals surface area contributed by atoms with E-state index in [1.807, 2.05) is 0 Å². The maximum absolute atomic E-state index is 11.5. The van der Waals surface area contributed by atoms with Gasteiger partial charge in [-0.1, -0.05) is 11.1 Å². The van der Waals surface area contributed by atoms with Crippen LogP contribution in [0.5, 0.6) is 0 Å². The van der Waals surface area contributed by atoms with Crippen LogP contribution >= 0.6 is 0 Å². The SMILES string of the molecule is CC(=O)N1C2CCC1CC(=C1CC1)C2. The Balaban J connectivity index is 1.85. The van der Waals surface area contributed by atoms with Crippen molar-refractivity contribution in [2.24, 2.45) is 0 Å². The first-order valence-electron chi connectivity index (χ1n) is 5.74. The Labute approximate surface area is 85.0 Å². The van der Waals surface area contributed by atoms with E-state index >= 15 is 0 Å². The van der Waals surface area contributed by atoms with E-state index in [9.17, 15) is 4.79 Å². The molecule has 0 radical (unpaired) electrons. The zero-order valence-corrected chi connectivity index (χ0v) is 8.75. The van der Waals surface area contributed by atoms with Crippen LogP contribution in [0.3, 0.4) is 0 Å². The maximum atomic E-state index is 11.5. The first-order chi connectivity index (χ1) is 6.75. The lowest BCUT2D eigenvalue weighted by atomic mass is 9.96. The smallest absolute Gasteiger partial charge is 0.219 e. The zero-order valence-electron chi connectivity index (χ0n) is 8.75. The van der Waals surface area contributed by atoms with Crippen molar-refractivity contribution in [1.29, 1.82) is 0 Å². The van der Waals surface area contributed by atoms with E-state index in [4.69, 9.17) is 0 Å². The number of rotatable bonds is 0. The average Bonchev–Trinajstić information content (AvgIpc) is 2.92. The van der Waals surface area contributed by atoms with Crippen LogP contribution in [-0.4, -0.2) is 22.9 Å². The summed E-state index contributed by atoms with van der Waals surface area (Å²) < 4.78 is 0. The van der Waals surface area contributed by atoms with Crippen molar-refractivity contribution in [3.8, 4) is 0 Å². The molecule has 2 bridgehead atoms. The van der Waals surface area contributed by atoms with Crippen molar-refractivity contribution in [1.82, 2.24) is 4.90 Å². The molecule has 2 heterocycles. The summed E-state index contributed by atoms with van der Waals surface area (Å²) in [4.78, 5) is 13.6. The lowest BCUT2D eigenvalue weighted by Gasteiger charge is -2.35. The van der Waals surface area contributed by atoms with E-state index in [-0.39, 0.29) is 5.91 Å². The van der Waals surface area contributed by atoms with Gasteiger partial charge in [0.15, 0.2) is 0 Å². The van der Waals surface area contributed by atoms with Crippen LogP contribution in [0.1, 0.15) is 45.4 Å². The minimum atomic E-state index is 0.289. The normalized spacial score (nSPS) is 35.1. The topological polar surface area (TPSA) is 20.3 Å². The van der Waals surface area contributed by atoms with Gasteiger partial charge < -0.3 is 4.90 Å². The molecule has 2 aliphatic heterocycles. The lowest BCUT2D eigenvalue weighted by molar-refractivity contribution is -0.132. The number of allylic oxidation sites excluding steroid dienone is 1. The predicted molar refractivity (Wildman–Crippen MR) is 54.8 cm³/mol. The zero-order chi connectivity index (χ0) is 9.71.